The topological polar surface area (TPSA) is 21.3 Å². The second kappa shape index (κ2) is 5.96. The molecule has 0 saturated heterocycles. The first-order chi connectivity index (χ1) is 9.03. The lowest BCUT2D eigenvalue weighted by molar-refractivity contribution is 0.157. The Morgan fingerprint density at radius 2 is 1.89 bits per heavy atom. The zero-order valence-corrected chi connectivity index (χ0v) is 12.7. The number of benzene rings is 1. The number of rotatable bonds is 4. The number of nitrogens with one attached hydrogen (secondary N) is 1. The predicted octanol–water partition coefficient (Wildman–Crippen LogP) is 4.31. The fourth-order valence-electron chi connectivity index (χ4n) is 3.09. The highest BCUT2D eigenvalue weighted by molar-refractivity contribution is 5.28. The Labute approximate surface area is 117 Å². The van der Waals surface area contributed by atoms with Crippen molar-refractivity contribution in [3.63, 3.8) is 0 Å². The minimum atomic E-state index is 0.397. The maximum Gasteiger partial charge on any atom is 0.118 e. The Bertz CT molecular complexity index is 396. The third-order valence-corrected chi connectivity index (χ3v) is 4.57. The zero-order valence-electron chi connectivity index (χ0n) is 12.7. The number of hydrogen-bond donors (Lipinski definition) is 1. The normalized spacial score (nSPS) is 23.9. The molecule has 1 fully saturated rings. The van der Waals surface area contributed by atoms with Crippen molar-refractivity contribution in [3.8, 4) is 5.75 Å². The van der Waals surface area contributed by atoms with Gasteiger partial charge in [-0.25, -0.2) is 0 Å². The summed E-state index contributed by atoms with van der Waals surface area (Å²) in [5.41, 5.74) is 1.75. The Morgan fingerprint density at radius 1 is 1.21 bits per heavy atom. The van der Waals surface area contributed by atoms with Crippen LogP contribution in [0.2, 0.25) is 0 Å². The molecule has 0 heterocycles. The molecule has 1 aromatic rings. The maximum atomic E-state index is 5.21. The molecule has 0 radical (unpaired) electrons. The SMILES string of the molecule is COc1ccc([C@@H](C)NC2CCCCC2(C)C)cc1. The minimum Gasteiger partial charge on any atom is -0.497 e. The molecule has 0 spiro atoms. The van der Waals surface area contributed by atoms with Crippen LogP contribution in [0.5, 0.6) is 5.75 Å². The molecule has 2 rings (SSSR count). The molecule has 1 aliphatic rings. The summed E-state index contributed by atoms with van der Waals surface area (Å²) in [5, 5.41) is 3.82. The lowest BCUT2D eigenvalue weighted by Crippen LogP contribution is -2.45. The van der Waals surface area contributed by atoms with Crippen molar-refractivity contribution in [2.24, 2.45) is 5.41 Å². The quantitative estimate of drug-likeness (QED) is 0.871. The minimum absolute atomic E-state index is 0.397. The van der Waals surface area contributed by atoms with Gasteiger partial charge in [-0.2, -0.15) is 0 Å². The van der Waals surface area contributed by atoms with Gasteiger partial charge in [0, 0.05) is 12.1 Å². The molecular formula is C17H27NO. The number of methoxy groups -OCH3 is 1. The van der Waals surface area contributed by atoms with Gasteiger partial charge in [0.25, 0.3) is 0 Å². The van der Waals surface area contributed by atoms with Gasteiger partial charge in [0.1, 0.15) is 5.75 Å². The van der Waals surface area contributed by atoms with E-state index in [1.54, 1.807) is 7.11 Å². The first-order valence-electron chi connectivity index (χ1n) is 7.43. The molecule has 2 atom stereocenters. The highest BCUT2D eigenvalue weighted by atomic mass is 16.5. The third kappa shape index (κ3) is 3.50. The second-order valence-corrected chi connectivity index (χ2v) is 6.45. The van der Waals surface area contributed by atoms with Crippen LogP contribution in [-0.2, 0) is 0 Å². The summed E-state index contributed by atoms with van der Waals surface area (Å²) in [5.74, 6) is 0.925. The van der Waals surface area contributed by atoms with Crippen LogP contribution in [0.15, 0.2) is 24.3 Å². The molecule has 0 aromatic heterocycles. The molecule has 1 aliphatic carbocycles. The van der Waals surface area contributed by atoms with Crippen molar-refractivity contribution < 1.29 is 4.74 Å². The Morgan fingerprint density at radius 3 is 2.47 bits per heavy atom. The predicted molar refractivity (Wildman–Crippen MR) is 80.6 cm³/mol. The van der Waals surface area contributed by atoms with Crippen molar-refractivity contribution in [1.29, 1.82) is 0 Å². The van der Waals surface area contributed by atoms with Crippen LogP contribution in [0.25, 0.3) is 0 Å². The van der Waals surface area contributed by atoms with Crippen molar-refractivity contribution in [2.45, 2.75) is 58.5 Å². The van der Waals surface area contributed by atoms with E-state index in [4.69, 9.17) is 4.74 Å². The molecular weight excluding hydrogens is 234 g/mol. The molecule has 19 heavy (non-hydrogen) atoms. The van der Waals surface area contributed by atoms with E-state index in [-0.39, 0.29) is 0 Å². The van der Waals surface area contributed by atoms with E-state index in [0.717, 1.165) is 5.75 Å². The van der Waals surface area contributed by atoms with Gasteiger partial charge in [0.15, 0.2) is 0 Å². The van der Waals surface area contributed by atoms with Crippen LogP contribution < -0.4 is 10.1 Å². The average molecular weight is 261 g/mol. The highest BCUT2D eigenvalue weighted by Crippen LogP contribution is 2.36. The van der Waals surface area contributed by atoms with Gasteiger partial charge in [-0.1, -0.05) is 38.8 Å². The fraction of sp³-hybridized carbons (Fsp3) is 0.647. The van der Waals surface area contributed by atoms with Gasteiger partial charge in [-0.05, 0) is 42.9 Å². The summed E-state index contributed by atoms with van der Waals surface area (Å²) in [4.78, 5) is 0. The summed E-state index contributed by atoms with van der Waals surface area (Å²) < 4.78 is 5.21. The van der Waals surface area contributed by atoms with E-state index >= 15 is 0 Å². The van der Waals surface area contributed by atoms with Crippen LogP contribution in [-0.4, -0.2) is 13.2 Å². The van der Waals surface area contributed by atoms with Gasteiger partial charge in [0.2, 0.25) is 0 Å². The largest absolute Gasteiger partial charge is 0.497 e. The van der Waals surface area contributed by atoms with E-state index in [9.17, 15) is 0 Å². The van der Waals surface area contributed by atoms with Crippen molar-refractivity contribution >= 4 is 0 Å². The van der Waals surface area contributed by atoms with Gasteiger partial charge >= 0.3 is 0 Å². The molecule has 106 valence electrons. The third-order valence-electron chi connectivity index (χ3n) is 4.57. The maximum absolute atomic E-state index is 5.21. The van der Waals surface area contributed by atoms with Gasteiger partial charge < -0.3 is 10.1 Å². The Hall–Kier alpha value is -1.02. The van der Waals surface area contributed by atoms with Crippen molar-refractivity contribution in [3.05, 3.63) is 29.8 Å². The summed E-state index contributed by atoms with van der Waals surface area (Å²) >= 11 is 0. The molecule has 1 unspecified atom stereocenters. The Balaban J connectivity index is 2.01. The monoisotopic (exact) mass is 261 g/mol. The van der Waals surface area contributed by atoms with Gasteiger partial charge in [-0.15, -0.1) is 0 Å². The summed E-state index contributed by atoms with van der Waals surface area (Å²) in [6.07, 6.45) is 5.37. The molecule has 1 saturated carbocycles. The van der Waals surface area contributed by atoms with Gasteiger partial charge in [0.05, 0.1) is 7.11 Å². The molecule has 2 heteroatoms. The molecule has 2 nitrogen and oxygen atoms in total. The smallest absolute Gasteiger partial charge is 0.118 e. The van der Waals surface area contributed by atoms with Crippen LogP contribution in [0.1, 0.15) is 58.1 Å². The number of ether oxygens (including phenoxy) is 1. The standard InChI is InChI=1S/C17H27NO/c1-13(14-8-10-15(19-4)11-9-14)18-16-7-5-6-12-17(16,2)3/h8-11,13,16,18H,5-7,12H2,1-4H3/t13-,16?/m1/s1. The number of hydrogen-bond acceptors (Lipinski definition) is 2. The van der Waals surface area contributed by atoms with E-state index in [2.05, 4.69) is 38.2 Å². The van der Waals surface area contributed by atoms with Gasteiger partial charge in [-0.3, -0.25) is 0 Å². The molecule has 0 amide bonds. The lowest BCUT2D eigenvalue weighted by Gasteiger charge is -2.40. The molecule has 0 bridgehead atoms. The highest BCUT2D eigenvalue weighted by Gasteiger charge is 2.32. The van der Waals surface area contributed by atoms with Crippen LogP contribution in [0, 0.1) is 5.41 Å². The van der Waals surface area contributed by atoms with E-state index in [1.807, 2.05) is 12.1 Å². The van der Waals surface area contributed by atoms with Crippen LogP contribution >= 0.6 is 0 Å². The van der Waals surface area contributed by atoms with E-state index < -0.39 is 0 Å². The van der Waals surface area contributed by atoms with E-state index in [0.29, 0.717) is 17.5 Å². The molecule has 1 N–H and O–H groups in total. The first kappa shape index (κ1) is 14.4. The average Bonchev–Trinajstić information content (AvgIpc) is 2.41. The Kier molecular flexibility index (Phi) is 4.51. The van der Waals surface area contributed by atoms with E-state index in [1.165, 1.54) is 31.2 Å². The van der Waals surface area contributed by atoms with Crippen molar-refractivity contribution in [2.75, 3.05) is 7.11 Å². The zero-order chi connectivity index (χ0) is 13.9. The fourth-order valence-corrected chi connectivity index (χ4v) is 3.09. The van der Waals surface area contributed by atoms with Crippen LogP contribution in [0.3, 0.4) is 0 Å². The summed E-state index contributed by atoms with van der Waals surface area (Å²) in [6.45, 7) is 7.04. The first-order valence-corrected chi connectivity index (χ1v) is 7.43. The van der Waals surface area contributed by atoms with Crippen LogP contribution in [0.4, 0.5) is 0 Å². The lowest BCUT2D eigenvalue weighted by atomic mass is 9.73. The molecule has 0 aliphatic heterocycles. The summed E-state index contributed by atoms with van der Waals surface area (Å²) in [6, 6.07) is 9.42. The molecule has 1 aromatic carbocycles. The second-order valence-electron chi connectivity index (χ2n) is 6.45. The van der Waals surface area contributed by atoms with Crippen molar-refractivity contribution in [1.82, 2.24) is 5.32 Å². The summed E-state index contributed by atoms with van der Waals surface area (Å²) in [7, 11) is 1.71.